The maximum Gasteiger partial charge on any atom is 0.249 e. The summed E-state index contributed by atoms with van der Waals surface area (Å²) in [7, 11) is 0. The van der Waals surface area contributed by atoms with E-state index in [1.807, 2.05) is 22.6 Å². The summed E-state index contributed by atoms with van der Waals surface area (Å²) in [5.74, 6) is -1.12. The Labute approximate surface area is 90.6 Å². The molecule has 0 unspecified atom stereocenters. The molecule has 1 rings (SSSR count). The molecule has 12 heavy (non-hydrogen) atoms. The zero-order chi connectivity index (χ0) is 9.30. The van der Waals surface area contributed by atoms with Crippen LogP contribution in [-0.2, 0) is 0 Å². The standard InChI is InChI=1S/C7H4BrFINO/c8-6-4(7(11)12)1-3(10)2-5(6)9/h1-2H,(H2,11,12). The Kier molecular flexibility index (Phi) is 3.05. The summed E-state index contributed by atoms with van der Waals surface area (Å²) in [5.41, 5.74) is 5.18. The van der Waals surface area contributed by atoms with E-state index in [1.54, 1.807) is 0 Å². The van der Waals surface area contributed by atoms with Crippen LogP contribution in [0.3, 0.4) is 0 Å². The van der Waals surface area contributed by atoms with Crippen molar-refractivity contribution < 1.29 is 9.18 Å². The first-order chi connectivity index (χ1) is 5.52. The van der Waals surface area contributed by atoms with Crippen LogP contribution in [0.1, 0.15) is 10.4 Å². The average molecular weight is 344 g/mol. The molecule has 64 valence electrons. The van der Waals surface area contributed by atoms with Crippen LogP contribution in [0.5, 0.6) is 0 Å². The molecule has 0 saturated carbocycles. The van der Waals surface area contributed by atoms with Crippen LogP contribution in [0.4, 0.5) is 4.39 Å². The maximum atomic E-state index is 12.9. The van der Waals surface area contributed by atoms with Gasteiger partial charge >= 0.3 is 0 Å². The first-order valence-electron chi connectivity index (χ1n) is 2.96. The third-order valence-electron chi connectivity index (χ3n) is 1.26. The quantitative estimate of drug-likeness (QED) is 0.617. The Morgan fingerprint density at radius 2 is 2.17 bits per heavy atom. The van der Waals surface area contributed by atoms with Crippen LogP contribution >= 0.6 is 38.5 Å². The number of hydrogen-bond acceptors (Lipinski definition) is 1. The van der Waals surface area contributed by atoms with Crippen molar-refractivity contribution in [1.29, 1.82) is 0 Å². The SMILES string of the molecule is NC(=O)c1cc(I)cc(F)c1Br. The summed E-state index contributed by atoms with van der Waals surface area (Å²) < 4.78 is 13.7. The molecule has 0 fully saturated rings. The van der Waals surface area contributed by atoms with E-state index >= 15 is 0 Å². The summed E-state index contributed by atoms with van der Waals surface area (Å²) in [6, 6.07) is 2.84. The molecule has 0 spiro atoms. The second-order valence-electron chi connectivity index (χ2n) is 2.11. The van der Waals surface area contributed by atoms with E-state index < -0.39 is 11.7 Å². The molecule has 0 heterocycles. The van der Waals surface area contributed by atoms with Gasteiger partial charge in [-0.15, -0.1) is 0 Å². The van der Waals surface area contributed by atoms with Crippen LogP contribution in [0.25, 0.3) is 0 Å². The lowest BCUT2D eigenvalue weighted by Gasteiger charge is -2.01. The van der Waals surface area contributed by atoms with Gasteiger partial charge in [-0.25, -0.2) is 4.39 Å². The number of benzene rings is 1. The van der Waals surface area contributed by atoms with Crippen LogP contribution in [0.15, 0.2) is 16.6 Å². The molecule has 1 aromatic carbocycles. The molecule has 0 saturated heterocycles. The lowest BCUT2D eigenvalue weighted by Crippen LogP contribution is -2.12. The van der Waals surface area contributed by atoms with Gasteiger partial charge in [0.05, 0.1) is 10.0 Å². The van der Waals surface area contributed by atoms with Crippen LogP contribution in [-0.4, -0.2) is 5.91 Å². The molecule has 0 aliphatic rings. The van der Waals surface area contributed by atoms with Crippen LogP contribution < -0.4 is 5.73 Å². The van der Waals surface area contributed by atoms with Gasteiger partial charge in [0.1, 0.15) is 5.82 Å². The molecular formula is C7H4BrFINO. The second-order valence-corrected chi connectivity index (χ2v) is 4.15. The van der Waals surface area contributed by atoms with E-state index in [0.717, 1.165) is 0 Å². The van der Waals surface area contributed by atoms with Gasteiger partial charge in [0.2, 0.25) is 5.91 Å². The van der Waals surface area contributed by atoms with Crippen molar-refractivity contribution in [2.24, 2.45) is 5.73 Å². The number of amides is 1. The summed E-state index contributed by atoms with van der Waals surface area (Å²) in [5, 5.41) is 0. The van der Waals surface area contributed by atoms with E-state index in [4.69, 9.17) is 5.73 Å². The van der Waals surface area contributed by atoms with Gasteiger partial charge in [0.25, 0.3) is 0 Å². The van der Waals surface area contributed by atoms with Gasteiger partial charge in [-0.1, -0.05) is 0 Å². The molecule has 0 aliphatic heterocycles. The van der Waals surface area contributed by atoms with E-state index in [0.29, 0.717) is 3.57 Å². The number of carbonyl (C=O) groups is 1. The van der Waals surface area contributed by atoms with Crippen molar-refractivity contribution >= 4 is 44.4 Å². The fraction of sp³-hybridized carbons (Fsp3) is 0. The third-order valence-corrected chi connectivity index (χ3v) is 2.69. The van der Waals surface area contributed by atoms with Crippen LogP contribution in [0.2, 0.25) is 0 Å². The lowest BCUT2D eigenvalue weighted by atomic mass is 10.2. The predicted octanol–water partition coefficient (Wildman–Crippen LogP) is 2.29. The molecule has 0 aromatic heterocycles. The highest BCUT2D eigenvalue weighted by atomic mass is 127. The van der Waals surface area contributed by atoms with Crippen LogP contribution in [0, 0.1) is 9.39 Å². The molecule has 0 radical (unpaired) electrons. The Morgan fingerprint density at radius 1 is 1.58 bits per heavy atom. The zero-order valence-corrected chi connectivity index (χ0v) is 9.52. The molecular weight excluding hydrogens is 340 g/mol. The summed E-state index contributed by atoms with van der Waals surface area (Å²) in [6.07, 6.45) is 0. The number of carbonyl (C=O) groups excluding carboxylic acids is 1. The van der Waals surface area contributed by atoms with Crippen molar-refractivity contribution in [2.75, 3.05) is 0 Å². The molecule has 0 aliphatic carbocycles. The average Bonchev–Trinajstić information content (AvgIpc) is 1.96. The smallest absolute Gasteiger partial charge is 0.249 e. The van der Waals surface area contributed by atoms with Gasteiger partial charge in [0, 0.05) is 3.57 Å². The van der Waals surface area contributed by atoms with Crippen molar-refractivity contribution in [3.05, 3.63) is 31.6 Å². The lowest BCUT2D eigenvalue weighted by molar-refractivity contribution is 0.0999. The van der Waals surface area contributed by atoms with Crippen molar-refractivity contribution in [3.8, 4) is 0 Å². The summed E-state index contributed by atoms with van der Waals surface area (Å²) in [6.45, 7) is 0. The Bertz CT molecular complexity index is 342. The summed E-state index contributed by atoms with van der Waals surface area (Å²) in [4.78, 5) is 10.7. The highest BCUT2D eigenvalue weighted by Crippen LogP contribution is 2.22. The highest BCUT2D eigenvalue weighted by molar-refractivity contribution is 14.1. The monoisotopic (exact) mass is 343 g/mol. The molecule has 1 amide bonds. The number of rotatable bonds is 1. The normalized spacial score (nSPS) is 9.92. The predicted molar refractivity (Wildman–Crippen MR) is 55.3 cm³/mol. The highest BCUT2D eigenvalue weighted by Gasteiger charge is 2.11. The second kappa shape index (κ2) is 3.69. The minimum Gasteiger partial charge on any atom is -0.366 e. The zero-order valence-electron chi connectivity index (χ0n) is 5.77. The fourth-order valence-corrected chi connectivity index (χ4v) is 1.74. The number of hydrogen-bond donors (Lipinski definition) is 1. The third kappa shape index (κ3) is 1.95. The Balaban J connectivity index is 3.37. The van der Waals surface area contributed by atoms with Crippen molar-refractivity contribution in [1.82, 2.24) is 0 Å². The topological polar surface area (TPSA) is 43.1 Å². The first-order valence-corrected chi connectivity index (χ1v) is 4.84. The fourth-order valence-electron chi connectivity index (χ4n) is 0.735. The molecule has 2 N–H and O–H groups in total. The van der Waals surface area contributed by atoms with Crippen molar-refractivity contribution in [2.45, 2.75) is 0 Å². The van der Waals surface area contributed by atoms with E-state index in [-0.39, 0.29) is 10.0 Å². The molecule has 5 heteroatoms. The molecule has 2 nitrogen and oxygen atoms in total. The van der Waals surface area contributed by atoms with Gasteiger partial charge in [0.15, 0.2) is 0 Å². The molecule has 1 aromatic rings. The van der Waals surface area contributed by atoms with Crippen molar-refractivity contribution in [3.63, 3.8) is 0 Å². The first kappa shape index (κ1) is 9.91. The van der Waals surface area contributed by atoms with Gasteiger partial charge in [-0.3, -0.25) is 4.79 Å². The molecule has 0 atom stereocenters. The van der Waals surface area contributed by atoms with E-state index in [9.17, 15) is 9.18 Å². The van der Waals surface area contributed by atoms with E-state index in [2.05, 4.69) is 15.9 Å². The number of halogens is 3. The van der Waals surface area contributed by atoms with Gasteiger partial charge < -0.3 is 5.73 Å². The summed E-state index contributed by atoms with van der Waals surface area (Å²) >= 11 is 4.85. The van der Waals surface area contributed by atoms with E-state index in [1.165, 1.54) is 12.1 Å². The number of primary amides is 1. The molecule has 0 bridgehead atoms. The minimum atomic E-state index is -0.640. The van der Waals surface area contributed by atoms with Gasteiger partial charge in [-0.2, -0.15) is 0 Å². The number of nitrogens with two attached hydrogens (primary N) is 1. The Morgan fingerprint density at radius 3 is 2.67 bits per heavy atom. The Hall–Kier alpha value is -0.170. The largest absolute Gasteiger partial charge is 0.366 e. The maximum absolute atomic E-state index is 12.9. The minimum absolute atomic E-state index is 0.121. The van der Waals surface area contributed by atoms with Gasteiger partial charge in [-0.05, 0) is 50.7 Å².